The summed E-state index contributed by atoms with van der Waals surface area (Å²) in [5, 5.41) is 0. The van der Waals surface area contributed by atoms with Crippen LogP contribution in [0, 0.1) is 19.8 Å². The molecule has 166 valence electrons. The maximum absolute atomic E-state index is 12.4. The molecule has 2 aromatic rings. The molecular formula is C26H38ClNO2. The van der Waals surface area contributed by atoms with Crippen LogP contribution in [0.2, 0.25) is 0 Å². The van der Waals surface area contributed by atoms with Gasteiger partial charge in [0, 0.05) is 19.6 Å². The number of halogens is 1. The minimum atomic E-state index is -0.0346. The average Bonchev–Trinajstić information content (AvgIpc) is 2.72. The molecule has 0 aromatic heterocycles. The summed E-state index contributed by atoms with van der Waals surface area (Å²) in [4.78, 5) is 14.8. The molecule has 0 aliphatic rings. The van der Waals surface area contributed by atoms with Crippen molar-refractivity contribution >= 4 is 18.4 Å². The Morgan fingerprint density at radius 1 is 0.933 bits per heavy atom. The largest absolute Gasteiger partial charge is 0.464 e. The number of unbranched alkanes of at least 4 members (excludes halogenated alkanes) is 1. The number of nitrogens with zero attached hydrogens (tertiary/aromatic N) is 1. The Bertz CT molecular complexity index is 715. The quantitative estimate of drug-likeness (QED) is 0.360. The van der Waals surface area contributed by atoms with Gasteiger partial charge in [-0.2, -0.15) is 0 Å². The summed E-state index contributed by atoms with van der Waals surface area (Å²) in [7, 11) is 0. The van der Waals surface area contributed by atoms with Gasteiger partial charge in [-0.25, -0.2) is 0 Å². The summed E-state index contributed by atoms with van der Waals surface area (Å²) in [6.45, 7) is 11.4. The van der Waals surface area contributed by atoms with Crippen LogP contribution in [0.1, 0.15) is 61.8 Å². The van der Waals surface area contributed by atoms with Crippen molar-refractivity contribution < 1.29 is 9.53 Å². The van der Waals surface area contributed by atoms with Crippen molar-refractivity contribution in [2.24, 2.45) is 5.92 Å². The van der Waals surface area contributed by atoms with Gasteiger partial charge in [-0.1, -0.05) is 75.2 Å². The van der Waals surface area contributed by atoms with Crippen molar-refractivity contribution in [2.75, 3.05) is 13.2 Å². The molecular weight excluding hydrogens is 394 g/mol. The van der Waals surface area contributed by atoms with E-state index in [1.165, 1.54) is 22.3 Å². The van der Waals surface area contributed by atoms with Gasteiger partial charge in [0.1, 0.15) is 6.61 Å². The molecule has 0 aliphatic carbocycles. The number of hydrogen-bond donors (Lipinski definition) is 0. The van der Waals surface area contributed by atoms with E-state index < -0.39 is 0 Å². The first-order valence-corrected chi connectivity index (χ1v) is 11.0. The third-order valence-electron chi connectivity index (χ3n) is 5.69. The molecule has 1 unspecified atom stereocenters. The van der Waals surface area contributed by atoms with Gasteiger partial charge in [-0.3, -0.25) is 9.69 Å². The molecule has 0 heterocycles. The second kappa shape index (κ2) is 14.2. The van der Waals surface area contributed by atoms with Crippen molar-refractivity contribution in [3.05, 3.63) is 70.8 Å². The van der Waals surface area contributed by atoms with E-state index in [4.69, 9.17) is 4.74 Å². The van der Waals surface area contributed by atoms with Gasteiger partial charge < -0.3 is 4.74 Å². The Kier molecular flexibility index (Phi) is 12.4. The van der Waals surface area contributed by atoms with E-state index in [2.05, 4.69) is 81.1 Å². The second-order valence-corrected chi connectivity index (χ2v) is 7.98. The molecule has 30 heavy (non-hydrogen) atoms. The number of benzene rings is 2. The summed E-state index contributed by atoms with van der Waals surface area (Å²) >= 11 is 0. The SMILES string of the molecule is CCCCC(CC)C(=O)OCCN(Cc1ccccc1C)Cc1ccccc1C.Cl. The molecule has 1 atom stereocenters. The fraction of sp³-hybridized carbons (Fsp3) is 0.500. The summed E-state index contributed by atoms with van der Waals surface area (Å²) < 4.78 is 5.68. The van der Waals surface area contributed by atoms with Crippen LogP contribution in [-0.4, -0.2) is 24.0 Å². The fourth-order valence-electron chi connectivity index (χ4n) is 3.60. The minimum absolute atomic E-state index is 0. The average molecular weight is 432 g/mol. The Hall–Kier alpha value is -1.84. The highest BCUT2D eigenvalue weighted by molar-refractivity contribution is 5.85. The van der Waals surface area contributed by atoms with Crippen molar-refractivity contribution in [1.82, 2.24) is 4.90 Å². The summed E-state index contributed by atoms with van der Waals surface area (Å²) in [5.41, 5.74) is 5.23. The van der Waals surface area contributed by atoms with Gasteiger partial charge in [-0.15, -0.1) is 12.4 Å². The monoisotopic (exact) mass is 431 g/mol. The molecule has 0 fully saturated rings. The van der Waals surface area contributed by atoms with E-state index >= 15 is 0 Å². The number of esters is 1. The Morgan fingerprint density at radius 3 is 1.93 bits per heavy atom. The van der Waals surface area contributed by atoms with E-state index in [9.17, 15) is 4.79 Å². The highest BCUT2D eigenvalue weighted by atomic mass is 35.5. The first-order valence-electron chi connectivity index (χ1n) is 11.0. The molecule has 3 nitrogen and oxygen atoms in total. The van der Waals surface area contributed by atoms with Crippen LogP contribution in [0.15, 0.2) is 48.5 Å². The van der Waals surface area contributed by atoms with Gasteiger partial charge in [0.25, 0.3) is 0 Å². The molecule has 0 aliphatic heterocycles. The van der Waals surface area contributed by atoms with Gasteiger partial charge in [0.2, 0.25) is 0 Å². The summed E-state index contributed by atoms with van der Waals surface area (Å²) in [6, 6.07) is 17.0. The molecule has 0 saturated heterocycles. The minimum Gasteiger partial charge on any atom is -0.464 e. The first-order chi connectivity index (χ1) is 14.0. The topological polar surface area (TPSA) is 29.5 Å². The molecule has 2 rings (SSSR count). The van der Waals surface area contributed by atoms with Gasteiger partial charge in [0.05, 0.1) is 5.92 Å². The van der Waals surface area contributed by atoms with Crippen molar-refractivity contribution in [3.8, 4) is 0 Å². The van der Waals surface area contributed by atoms with Crippen LogP contribution >= 0.6 is 12.4 Å². The van der Waals surface area contributed by atoms with Crippen LogP contribution in [-0.2, 0) is 22.6 Å². The molecule has 2 aromatic carbocycles. The molecule has 0 amide bonds. The molecule has 0 bridgehead atoms. The number of aryl methyl sites for hydroxylation is 2. The van der Waals surface area contributed by atoms with E-state index in [0.29, 0.717) is 6.61 Å². The zero-order valence-electron chi connectivity index (χ0n) is 19.0. The number of hydrogen-bond acceptors (Lipinski definition) is 3. The number of carbonyl (C=O) groups excluding carboxylic acids is 1. The summed E-state index contributed by atoms with van der Waals surface area (Å²) in [5.74, 6) is 0.00354. The van der Waals surface area contributed by atoms with Crippen LogP contribution in [0.25, 0.3) is 0 Å². The molecule has 0 saturated carbocycles. The normalized spacial score (nSPS) is 11.8. The smallest absolute Gasteiger partial charge is 0.308 e. The highest BCUT2D eigenvalue weighted by Crippen LogP contribution is 2.17. The maximum Gasteiger partial charge on any atom is 0.308 e. The lowest BCUT2D eigenvalue weighted by Gasteiger charge is -2.24. The predicted octanol–water partition coefficient (Wildman–Crippen LogP) is 6.49. The van der Waals surface area contributed by atoms with Crippen molar-refractivity contribution in [1.29, 1.82) is 0 Å². The first kappa shape index (κ1) is 26.2. The van der Waals surface area contributed by atoms with Crippen LogP contribution in [0.4, 0.5) is 0 Å². The Balaban J connectivity index is 0.00000450. The molecule has 0 radical (unpaired) electrons. The van der Waals surface area contributed by atoms with E-state index in [0.717, 1.165) is 45.3 Å². The zero-order chi connectivity index (χ0) is 21.1. The number of carbonyl (C=O) groups is 1. The molecule has 0 spiro atoms. The summed E-state index contributed by atoms with van der Waals surface area (Å²) in [6.07, 6.45) is 3.99. The van der Waals surface area contributed by atoms with Crippen LogP contribution in [0.5, 0.6) is 0 Å². The van der Waals surface area contributed by atoms with Gasteiger partial charge in [-0.05, 0) is 48.9 Å². The fourth-order valence-corrected chi connectivity index (χ4v) is 3.60. The third-order valence-corrected chi connectivity index (χ3v) is 5.69. The lowest BCUT2D eigenvalue weighted by Crippen LogP contribution is -2.29. The standard InChI is InChI=1S/C26H37NO2.ClH/c1-5-7-14-23(6-2)26(28)29-18-17-27(19-24-15-10-8-12-21(24)3)20-25-16-11-9-13-22(25)4;/h8-13,15-16,23H,5-7,14,17-20H2,1-4H3;1H. The van der Waals surface area contributed by atoms with Gasteiger partial charge >= 0.3 is 5.97 Å². The lowest BCUT2D eigenvalue weighted by atomic mass is 10.00. The predicted molar refractivity (Wildman–Crippen MR) is 128 cm³/mol. The Morgan fingerprint density at radius 2 is 1.47 bits per heavy atom. The Labute approximate surface area is 189 Å². The number of rotatable bonds is 12. The van der Waals surface area contributed by atoms with Gasteiger partial charge in [0.15, 0.2) is 0 Å². The van der Waals surface area contributed by atoms with E-state index in [1.807, 2.05) is 0 Å². The third kappa shape index (κ3) is 8.49. The second-order valence-electron chi connectivity index (χ2n) is 7.98. The zero-order valence-corrected chi connectivity index (χ0v) is 19.8. The maximum atomic E-state index is 12.4. The van der Waals surface area contributed by atoms with E-state index in [1.54, 1.807) is 0 Å². The van der Waals surface area contributed by atoms with Crippen molar-refractivity contribution in [3.63, 3.8) is 0 Å². The van der Waals surface area contributed by atoms with E-state index in [-0.39, 0.29) is 24.3 Å². The van der Waals surface area contributed by atoms with Crippen LogP contribution < -0.4 is 0 Å². The lowest BCUT2D eigenvalue weighted by molar-refractivity contribution is -0.149. The van der Waals surface area contributed by atoms with Crippen molar-refractivity contribution in [2.45, 2.75) is 66.5 Å². The number of ether oxygens (including phenoxy) is 1. The molecule has 4 heteroatoms. The highest BCUT2D eigenvalue weighted by Gasteiger charge is 2.18. The van der Waals surface area contributed by atoms with Crippen LogP contribution in [0.3, 0.4) is 0 Å². The molecule has 0 N–H and O–H groups in total.